The van der Waals surface area contributed by atoms with E-state index in [0.717, 1.165) is 44.5 Å². The van der Waals surface area contributed by atoms with Crippen molar-refractivity contribution in [1.82, 2.24) is 24.4 Å². The summed E-state index contributed by atoms with van der Waals surface area (Å²) in [6.45, 7) is 9.44. The van der Waals surface area contributed by atoms with Gasteiger partial charge >= 0.3 is 0 Å². The Balaban J connectivity index is 0.00000186. The highest BCUT2D eigenvalue weighted by atomic mass is 16.5. The number of ether oxygens (including phenoxy) is 1. The molecule has 0 radical (unpaired) electrons. The monoisotopic (exact) mass is 510 g/mol. The van der Waals surface area contributed by atoms with Crippen LogP contribution in [0.15, 0.2) is 24.0 Å². The number of carbonyl (C=O) groups is 2. The van der Waals surface area contributed by atoms with Crippen molar-refractivity contribution in [3.8, 4) is 11.7 Å². The summed E-state index contributed by atoms with van der Waals surface area (Å²) in [5, 5.41) is 0. The Labute approximate surface area is 220 Å². The van der Waals surface area contributed by atoms with Crippen LogP contribution in [0.2, 0.25) is 0 Å². The van der Waals surface area contributed by atoms with Gasteiger partial charge in [-0.25, -0.2) is 9.97 Å². The first kappa shape index (κ1) is 28.5. The van der Waals surface area contributed by atoms with Crippen LogP contribution in [0.1, 0.15) is 83.8 Å². The highest BCUT2D eigenvalue weighted by molar-refractivity contribution is 6.13. The van der Waals surface area contributed by atoms with E-state index in [2.05, 4.69) is 26.9 Å². The minimum Gasteiger partial charge on any atom is -0.476 e. The van der Waals surface area contributed by atoms with E-state index in [1.165, 1.54) is 0 Å². The van der Waals surface area contributed by atoms with E-state index in [0.29, 0.717) is 49.2 Å². The summed E-state index contributed by atoms with van der Waals surface area (Å²) in [7, 11) is 2.10. The van der Waals surface area contributed by atoms with Gasteiger partial charge in [-0.3, -0.25) is 14.2 Å². The van der Waals surface area contributed by atoms with Crippen LogP contribution >= 0.6 is 0 Å². The van der Waals surface area contributed by atoms with Gasteiger partial charge in [0, 0.05) is 36.5 Å². The Morgan fingerprint density at radius 1 is 1.19 bits per heavy atom. The van der Waals surface area contributed by atoms with Crippen LogP contribution in [-0.4, -0.2) is 62.2 Å². The van der Waals surface area contributed by atoms with Crippen molar-refractivity contribution in [1.29, 1.82) is 0 Å². The molecule has 2 fully saturated rings. The molecule has 0 bridgehead atoms. The van der Waals surface area contributed by atoms with Crippen molar-refractivity contribution in [3.05, 3.63) is 35.7 Å². The van der Waals surface area contributed by atoms with Crippen molar-refractivity contribution in [2.24, 2.45) is 11.7 Å². The molecular weight excluding hydrogens is 468 g/mol. The van der Waals surface area contributed by atoms with Gasteiger partial charge in [0.2, 0.25) is 5.88 Å². The van der Waals surface area contributed by atoms with E-state index in [1.54, 1.807) is 12.3 Å². The highest BCUT2D eigenvalue weighted by Gasteiger charge is 2.32. The lowest BCUT2D eigenvalue weighted by molar-refractivity contribution is -0.132. The zero-order chi connectivity index (χ0) is 26.9. The Bertz CT molecular complexity index is 1110. The standard InChI is InChI=1S/C26H36N6O3.C2H6/c1-4-8-20(25(34)19-10-5-6-11-21(19)33)24(27)26-29-22(32-14-12-28-17(32)2)15-23(30-26)35-16-18-9-7-13-31(18)3;1-2/h12,14-15,18-19H,4-11,13,16,27H2,1-3H3;1-2H3/b24-20-;/t18-,19-;/m0./s1. The number of hydrogen-bond acceptors (Lipinski definition) is 8. The normalized spacial score (nSPS) is 20.7. The molecule has 1 aliphatic carbocycles. The molecule has 0 spiro atoms. The van der Waals surface area contributed by atoms with E-state index in [-0.39, 0.29) is 23.1 Å². The molecule has 1 aliphatic heterocycles. The molecule has 0 amide bonds. The summed E-state index contributed by atoms with van der Waals surface area (Å²) in [6, 6.07) is 2.10. The van der Waals surface area contributed by atoms with E-state index < -0.39 is 5.92 Å². The summed E-state index contributed by atoms with van der Waals surface area (Å²) in [5.41, 5.74) is 7.24. The number of likely N-dealkylation sites (N-methyl/N-ethyl adjacent to an activating group) is 1. The molecule has 4 rings (SSSR count). The molecule has 2 aromatic heterocycles. The predicted molar refractivity (Wildman–Crippen MR) is 144 cm³/mol. The van der Waals surface area contributed by atoms with Crippen molar-refractivity contribution in [2.75, 3.05) is 20.2 Å². The number of Topliss-reactive ketones (excluding diaryl/α,β-unsaturated/α-hetero) is 2. The van der Waals surface area contributed by atoms with Crippen LogP contribution < -0.4 is 10.5 Å². The van der Waals surface area contributed by atoms with Crippen molar-refractivity contribution in [2.45, 2.75) is 85.1 Å². The molecule has 1 saturated heterocycles. The molecule has 2 aliphatic rings. The van der Waals surface area contributed by atoms with Gasteiger partial charge in [0.15, 0.2) is 11.6 Å². The number of likely N-dealkylation sites (tertiary alicyclic amines) is 1. The number of aromatic nitrogens is 4. The van der Waals surface area contributed by atoms with Crippen LogP contribution in [-0.2, 0) is 9.59 Å². The van der Waals surface area contributed by atoms with Gasteiger partial charge in [-0.1, -0.05) is 33.6 Å². The van der Waals surface area contributed by atoms with Crippen LogP contribution in [0.4, 0.5) is 0 Å². The van der Waals surface area contributed by atoms with Gasteiger partial charge in [0.25, 0.3) is 0 Å². The number of hydrogen-bond donors (Lipinski definition) is 1. The van der Waals surface area contributed by atoms with Crippen LogP contribution in [0.3, 0.4) is 0 Å². The lowest BCUT2D eigenvalue weighted by Crippen LogP contribution is -2.31. The molecule has 2 aromatic rings. The lowest BCUT2D eigenvalue weighted by Gasteiger charge is -2.22. The largest absolute Gasteiger partial charge is 0.476 e. The van der Waals surface area contributed by atoms with Gasteiger partial charge < -0.3 is 15.4 Å². The summed E-state index contributed by atoms with van der Waals surface area (Å²) in [6.07, 6.45) is 9.69. The molecule has 9 heteroatoms. The highest BCUT2D eigenvalue weighted by Crippen LogP contribution is 2.28. The van der Waals surface area contributed by atoms with Gasteiger partial charge in [0.1, 0.15) is 24.0 Å². The van der Waals surface area contributed by atoms with Crippen LogP contribution in [0, 0.1) is 12.8 Å². The van der Waals surface area contributed by atoms with E-state index in [4.69, 9.17) is 10.5 Å². The Hall–Kier alpha value is -3.07. The first-order chi connectivity index (χ1) is 17.9. The molecule has 202 valence electrons. The molecule has 9 nitrogen and oxygen atoms in total. The molecule has 0 unspecified atom stereocenters. The van der Waals surface area contributed by atoms with Crippen LogP contribution in [0.25, 0.3) is 11.5 Å². The molecule has 1 saturated carbocycles. The average molecular weight is 511 g/mol. The second-order valence-corrected chi connectivity index (χ2v) is 9.59. The number of nitrogens with two attached hydrogens (primary N) is 1. The summed E-state index contributed by atoms with van der Waals surface area (Å²) in [4.78, 5) is 41.8. The number of aryl methyl sites for hydroxylation is 1. The molecule has 2 N–H and O–H groups in total. The fourth-order valence-corrected chi connectivity index (χ4v) is 4.97. The maximum Gasteiger partial charge on any atom is 0.219 e. The van der Waals surface area contributed by atoms with Gasteiger partial charge in [-0.2, -0.15) is 4.98 Å². The Kier molecular flexibility index (Phi) is 10.4. The van der Waals surface area contributed by atoms with Crippen molar-refractivity contribution < 1.29 is 14.3 Å². The topological polar surface area (TPSA) is 116 Å². The number of carbonyl (C=O) groups excluding carboxylic acids is 2. The van der Waals surface area contributed by atoms with Crippen LogP contribution in [0.5, 0.6) is 5.88 Å². The maximum absolute atomic E-state index is 13.4. The van der Waals surface area contributed by atoms with E-state index in [1.807, 2.05) is 38.5 Å². The third-order valence-corrected chi connectivity index (χ3v) is 7.09. The fraction of sp³-hybridized carbons (Fsp3) is 0.607. The lowest BCUT2D eigenvalue weighted by atomic mass is 9.81. The zero-order valence-electron chi connectivity index (χ0n) is 23.0. The maximum atomic E-state index is 13.4. The Morgan fingerprint density at radius 3 is 2.59 bits per heavy atom. The van der Waals surface area contributed by atoms with Crippen molar-refractivity contribution >= 4 is 17.3 Å². The Morgan fingerprint density at radius 2 is 1.97 bits per heavy atom. The van der Waals surface area contributed by atoms with E-state index >= 15 is 0 Å². The summed E-state index contributed by atoms with van der Waals surface area (Å²) < 4.78 is 7.95. The fourth-order valence-electron chi connectivity index (χ4n) is 4.97. The van der Waals surface area contributed by atoms with Gasteiger partial charge in [-0.05, 0) is 52.6 Å². The number of imidazole rings is 1. The molecule has 0 aromatic carbocycles. The summed E-state index contributed by atoms with van der Waals surface area (Å²) >= 11 is 0. The molecule has 2 atom stereocenters. The minimum atomic E-state index is -0.614. The predicted octanol–water partition coefficient (Wildman–Crippen LogP) is 4.27. The quantitative estimate of drug-likeness (QED) is 0.393. The number of allylic oxidation sites excluding steroid dienone is 1. The zero-order valence-corrected chi connectivity index (χ0v) is 23.0. The molecular formula is C28H42N6O3. The van der Waals surface area contributed by atoms with Gasteiger partial charge in [-0.15, -0.1) is 0 Å². The molecule has 3 heterocycles. The number of rotatable bonds is 9. The first-order valence-corrected chi connectivity index (χ1v) is 13.7. The average Bonchev–Trinajstić information content (AvgIpc) is 3.54. The smallest absolute Gasteiger partial charge is 0.219 e. The van der Waals surface area contributed by atoms with E-state index in [9.17, 15) is 9.59 Å². The molecule has 37 heavy (non-hydrogen) atoms. The SMILES string of the molecule is CC.CCC/C(C(=O)[C@H]1CCCCC1=O)=C(/N)c1nc(OC[C@@H]2CCCN2C)cc(-n2ccnc2C)n1. The number of ketones is 2. The minimum absolute atomic E-state index is 0.0102. The second kappa shape index (κ2) is 13.5. The summed E-state index contributed by atoms with van der Waals surface area (Å²) in [5.74, 6) is 1.18. The second-order valence-electron chi connectivity index (χ2n) is 9.59. The number of nitrogens with zero attached hydrogens (tertiary/aromatic N) is 5. The third kappa shape index (κ3) is 6.83. The van der Waals surface area contributed by atoms with Crippen molar-refractivity contribution in [3.63, 3.8) is 0 Å². The first-order valence-electron chi connectivity index (χ1n) is 13.7. The van der Waals surface area contributed by atoms with Gasteiger partial charge in [0.05, 0.1) is 11.6 Å². The third-order valence-electron chi connectivity index (χ3n) is 7.09.